The minimum Gasteiger partial charge on any atom is -0.368 e. The molecule has 2 rings (SSSR count). The molecule has 0 atom stereocenters. The zero-order valence-electron chi connectivity index (χ0n) is 16.6. The van der Waals surface area contributed by atoms with Crippen LogP contribution in [0.1, 0.15) is 43.6 Å². The first kappa shape index (κ1) is 23.2. The second kappa shape index (κ2) is 8.90. The molecule has 27 heavy (non-hydrogen) atoms. The van der Waals surface area contributed by atoms with Gasteiger partial charge in [-0.1, -0.05) is 26.0 Å². The van der Waals surface area contributed by atoms with Crippen LogP contribution >= 0.6 is 24.0 Å². The Morgan fingerprint density at radius 3 is 2.19 bits per heavy atom. The summed E-state index contributed by atoms with van der Waals surface area (Å²) in [4.78, 5) is 29.3. The largest absolute Gasteiger partial charge is 0.368 e. The van der Waals surface area contributed by atoms with Crippen molar-refractivity contribution in [3.63, 3.8) is 0 Å². The number of carbonyl (C=O) groups excluding carboxylic acids is 2. The molecule has 0 aliphatic carbocycles. The third kappa shape index (κ3) is 5.12. The van der Waals surface area contributed by atoms with Crippen molar-refractivity contribution in [2.24, 2.45) is 16.1 Å². The van der Waals surface area contributed by atoms with Crippen molar-refractivity contribution in [1.82, 2.24) is 15.5 Å². The molecule has 2 amide bonds. The zero-order valence-corrected chi connectivity index (χ0v) is 19.0. The number of hydrogen-bond acceptors (Lipinski definition) is 3. The fraction of sp³-hybridized carbons (Fsp3) is 0.526. The minimum absolute atomic E-state index is 0. The number of benzene rings is 1. The predicted octanol–water partition coefficient (Wildman–Crippen LogP) is 1.72. The van der Waals surface area contributed by atoms with E-state index in [1.807, 2.05) is 12.1 Å². The van der Waals surface area contributed by atoms with Crippen molar-refractivity contribution >= 4 is 41.8 Å². The molecule has 0 unspecified atom stereocenters. The highest BCUT2D eigenvalue weighted by atomic mass is 127. The number of rotatable bonds is 5. The maximum atomic E-state index is 11.9. The molecule has 1 aliphatic rings. The van der Waals surface area contributed by atoms with E-state index in [9.17, 15) is 9.59 Å². The average Bonchev–Trinajstić information content (AvgIpc) is 2.59. The molecule has 0 bridgehead atoms. The van der Waals surface area contributed by atoms with E-state index in [0.29, 0.717) is 12.1 Å². The van der Waals surface area contributed by atoms with Gasteiger partial charge in [-0.2, -0.15) is 0 Å². The Morgan fingerprint density at radius 1 is 1.15 bits per heavy atom. The Labute approximate surface area is 178 Å². The molecule has 4 N–H and O–H groups in total. The van der Waals surface area contributed by atoms with Gasteiger partial charge in [-0.15, -0.1) is 24.0 Å². The summed E-state index contributed by atoms with van der Waals surface area (Å²) in [5.41, 5.74) is 6.83. The number of hydrogen-bond donors (Lipinski definition) is 3. The Kier molecular flexibility index (Phi) is 7.65. The van der Waals surface area contributed by atoms with Gasteiger partial charge in [0.1, 0.15) is 0 Å². The first-order valence-electron chi connectivity index (χ1n) is 8.72. The Hall–Kier alpha value is -1.84. The molecule has 1 fully saturated rings. The summed E-state index contributed by atoms with van der Waals surface area (Å²) in [5.74, 6) is -0.0102. The van der Waals surface area contributed by atoms with Crippen LogP contribution in [-0.4, -0.2) is 48.3 Å². The smallest absolute Gasteiger partial charge is 0.251 e. The lowest BCUT2D eigenvalue weighted by molar-refractivity contribution is -0.117. The fourth-order valence-corrected chi connectivity index (χ4v) is 2.92. The van der Waals surface area contributed by atoms with Gasteiger partial charge in [0.2, 0.25) is 5.91 Å². The number of halogens is 1. The second-order valence-electron chi connectivity index (χ2n) is 7.78. The highest BCUT2D eigenvalue weighted by Crippen LogP contribution is 2.46. The summed E-state index contributed by atoms with van der Waals surface area (Å²) in [7, 11) is 1.79. The van der Waals surface area contributed by atoms with Crippen molar-refractivity contribution < 1.29 is 9.59 Å². The summed E-state index contributed by atoms with van der Waals surface area (Å²) in [5, 5.41) is 5.85. The number of carbonyl (C=O) groups is 2. The van der Waals surface area contributed by atoms with Crippen LogP contribution in [-0.2, 0) is 11.3 Å². The van der Waals surface area contributed by atoms with Gasteiger partial charge in [-0.05, 0) is 31.5 Å². The molecule has 150 valence electrons. The van der Waals surface area contributed by atoms with E-state index in [0.717, 1.165) is 18.1 Å². The molecule has 1 aromatic carbocycles. The molecule has 1 heterocycles. The van der Waals surface area contributed by atoms with E-state index in [4.69, 9.17) is 5.73 Å². The van der Waals surface area contributed by atoms with E-state index in [1.54, 1.807) is 19.2 Å². The van der Waals surface area contributed by atoms with Crippen LogP contribution in [0.2, 0.25) is 0 Å². The maximum absolute atomic E-state index is 11.9. The van der Waals surface area contributed by atoms with Crippen molar-refractivity contribution in [2.45, 2.75) is 39.8 Å². The summed E-state index contributed by atoms with van der Waals surface area (Å²) in [6.45, 7) is 10.4. The third-order valence-corrected chi connectivity index (χ3v) is 5.44. The van der Waals surface area contributed by atoms with Gasteiger partial charge >= 0.3 is 0 Å². The van der Waals surface area contributed by atoms with Gasteiger partial charge < -0.3 is 21.3 Å². The highest BCUT2D eigenvalue weighted by Gasteiger charge is 2.53. The zero-order chi connectivity index (χ0) is 19.5. The summed E-state index contributed by atoms with van der Waals surface area (Å²) >= 11 is 0. The number of nitrogens with two attached hydrogens (primary N) is 1. The van der Waals surface area contributed by atoms with E-state index in [-0.39, 0.29) is 47.4 Å². The van der Waals surface area contributed by atoms with Gasteiger partial charge in [-0.25, -0.2) is 0 Å². The van der Waals surface area contributed by atoms with Crippen LogP contribution in [0.4, 0.5) is 0 Å². The molecule has 0 radical (unpaired) electrons. The Morgan fingerprint density at radius 2 is 1.74 bits per heavy atom. The normalized spacial score (nSPS) is 17.4. The highest BCUT2D eigenvalue weighted by molar-refractivity contribution is 14.0. The molecule has 0 saturated carbocycles. The van der Waals surface area contributed by atoms with Crippen molar-refractivity contribution in [3.05, 3.63) is 35.4 Å². The number of nitrogens with one attached hydrogen (secondary N) is 2. The Balaban J connectivity index is 0.00000364. The number of guanidine groups is 1. The standard InChI is InChI=1S/C19H29N5O2.HI/c1-18(2)12-24(19(18,3)4)17(21-5)23-10-13-6-8-14(9-7-13)16(26)22-11-15(20)25;/h6-9H,10-12H2,1-5H3,(H2,20,25)(H,21,23)(H,22,26);1H. The number of likely N-dealkylation sites (tertiary alicyclic amines) is 1. The van der Waals surface area contributed by atoms with Crippen LogP contribution in [0.5, 0.6) is 0 Å². The molecular weight excluding hydrogens is 457 g/mol. The quantitative estimate of drug-likeness (QED) is 0.335. The lowest BCUT2D eigenvalue weighted by Gasteiger charge is -2.62. The molecular formula is C19H30IN5O2. The van der Waals surface area contributed by atoms with Crippen LogP contribution in [0.15, 0.2) is 29.3 Å². The lowest BCUT2D eigenvalue weighted by atomic mass is 9.65. The molecule has 0 spiro atoms. The van der Waals surface area contributed by atoms with Crippen LogP contribution in [0.25, 0.3) is 0 Å². The topological polar surface area (TPSA) is 99.8 Å². The minimum atomic E-state index is -0.567. The summed E-state index contributed by atoms with van der Waals surface area (Å²) < 4.78 is 0. The van der Waals surface area contributed by atoms with Gasteiger partial charge in [0.15, 0.2) is 5.96 Å². The van der Waals surface area contributed by atoms with Crippen LogP contribution in [0, 0.1) is 5.41 Å². The fourth-order valence-electron chi connectivity index (χ4n) is 2.92. The first-order chi connectivity index (χ1) is 12.1. The average molecular weight is 487 g/mol. The Bertz CT molecular complexity index is 713. The monoisotopic (exact) mass is 487 g/mol. The SMILES string of the molecule is CN=C(NCc1ccc(C(=O)NCC(N)=O)cc1)N1CC(C)(C)C1(C)C.I. The van der Waals surface area contributed by atoms with Crippen molar-refractivity contribution in [2.75, 3.05) is 20.1 Å². The first-order valence-corrected chi connectivity index (χ1v) is 8.72. The molecule has 7 nitrogen and oxygen atoms in total. The van der Waals surface area contributed by atoms with Crippen LogP contribution < -0.4 is 16.4 Å². The van der Waals surface area contributed by atoms with E-state index < -0.39 is 5.91 Å². The van der Waals surface area contributed by atoms with E-state index in [2.05, 4.69) is 48.2 Å². The molecule has 1 saturated heterocycles. The summed E-state index contributed by atoms with van der Waals surface area (Å²) in [6, 6.07) is 7.22. The molecule has 1 aliphatic heterocycles. The van der Waals surface area contributed by atoms with Gasteiger partial charge in [-0.3, -0.25) is 14.6 Å². The lowest BCUT2D eigenvalue weighted by Crippen LogP contribution is -2.72. The molecule has 0 aromatic heterocycles. The van der Waals surface area contributed by atoms with Crippen molar-refractivity contribution in [1.29, 1.82) is 0 Å². The number of nitrogens with zero attached hydrogens (tertiary/aromatic N) is 2. The third-order valence-electron chi connectivity index (χ3n) is 5.44. The van der Waals surface area contributed by atoms with Crippen LogP contribution in [0.3, 0.4) is 0 Å². The number of amides is 2. The van der Waals surface area contributed by atoms with Gasteiger partial charge in [0.25, 0.3) is 5.91 Å². The maximum Gasteiger partial charge on any atom is 0.251 e. The van der Waals surface area contributed by atoms with E-state index in [1.165, 1.54) is 0 Å². The van der Waals surface area contributed by atoms with E-state index >= 15 is 0 Å². The van der Waals surface area contributed by atoms with Crippen molar-refractivity contribution in [3.8, 4) is 0 Å². The number of aliphatic imine (C=N–C) groups is 1. The van der Waals surface area contributed by atoms with Gasteiger partial charge in [0.05, 0.1) is 6.54 Å². The summed E-state index contributed by atoms with van der Waals surface area (Å²) in [6.07, 6.45) is 0. The predicted molar refractivity (Wildman–Crippen MR) is 118 cm³/mol. The van der Waals surface area contributed by atoms with Gasteiger partial charge in [0, 0.05) is 36.7 Å². The second-order valence-corrected chi connectivity index (χ2v) is 7.78. The molecule has 1 aromatic rings. The number of primary amides is 1. The molecule has 8 heteroatoms.